The Labute approximate surface area is 216 Å². The van der Waals surface area contributed by atoms with Crippen LogP contribution in [0.15, 0.2) is 59.4 Å². The normalized spacial score (nSPS) is 14.1. The van der Waals surface area contributed by atoms with Crippen LogP contribution in [-0.4, -0.2) is 10.7 Å². The van der Waals surface area contributed by atoms with E-state index in [1.807, 2.05) is 37.3 Å². The highest BCUT2D eigenvalue weighted by atomic mass is 35.5. The minimum absolute atomic E-state index is 0.0873. The summed E-state index contributed by atoms with van der Waals surface area (Å²) in [6, 6.07) is 16.5. The van der Waals surface area contributed by atoms with Gasteiger partial charge >= 0.3 is 6.09 Å². The molecular formula is C29H31Cl2NO3. The summed E-state index contributed by atoms with van der Waals surface area (Å²) in [6.45, 7) is 2.13. The maximum absolute atomic E-state index is 13.5. The average molecular weight is 512 g/mol. The van der Waals surface area contributed by atoms with Gasteiger partial charge in [-0.05, 0) is 42.0 Å². The fraction of sp³-hybridized carbons (Fsp3) is 0.379. The molecule has 1 saturated carbocycles. The van der Waals surface area contributed by atoms with Crippen molar-refractivity contribution in [1.82, 2.24) is 4.57 Å². The molecule has 4 rings (SSSR count). The first-order valence-electron chi connectivity index (χ1n) is 12.4. The molecule has 2 aromatic carbocycles. The van der Waals surface area contributed by atoms with Crippen LogP contribution in [0.4, 0.5) is 4.79 Å². The molecule has 0 atom stereocenters. The van der Waals surface area contributed by atoms with E-state index in [0.29, 0.717) is 45.6 Å². The number of ether oxygens (including phenoxy) is 1. The SMILES string of the molecule is CCc1c(Cc2c(Cl)cccc2Cl)c(=O)cc(CC2CCCCC2)n1C(=O)OCc1ccccc1. The molecule has 1 aliphatic rings. The highest BCUT2D eigenvalue weighted by Gasteiger charge is 2.24. The third-order valence-electron chi connectivity index (χ3n) is 6.86. The Morgan fingerprint density at radius 3 is 2.31 bits per heavy atom. The summed E-state index contributed by atoms with van der Waals surface area (Å²) in [5, 5.41) is 1.01. The fourth-order valence-corrected chi connectivity index (χ4v) is 5.57. The largest absolute Gasteiger partial charge is 0.444 e. The van der Waals surface area contributed by atoms with Crippen LogP contribution in [0.25, 0.3) is 0 Å². The number of halogens is 2. The topological polar surface area (TPSA) is 48.3 Å². The second kappa shape index (κ2) is 11.9. The Kier molecular flexibility index (Phi) is 8.69. The van der Waals surface area contributed by atoms with Crippen LogP contribution < -0.4 is 5.43 Å². The number of hydrogen-bond acceptors (Lipinski definition) is 3. The molecule has 0 radical (unpaired) electrons. The second-order valence-corrected chi connectivity index (χ2v) is 10.1. The zero-order valence-electron chi connectivity index (χ0n) is 20.1. The van der Waals surface area contributed by atoms with Crippen molar-refractivity contribution < 1.29 is 9.53 Å². The van der Waals surface area contributed by atoms with Crippen molar-refractivity contribution in [3.8, 4) is 0 Å². The van der Waals surface area contributed by atoms with Crippen molar-refractivity contribution in [2.75, 3.05) is 0 Å². The number of rotatable bonds is 7. The van der Waals surface area contributed by atoms with E-state index < -0.39 is 6.09 Å². The summed E-state index contributed by atoms with van der Waals surface area (Å²) in [6.07, 6.45) is 6.87. The Hall–Kier alpha value is -2.56. The number of carbonyl (C=O) groups excluding carboxylic acids is 1. The molecule has 1 aliphatic carbocycles. The van der Waals surface area contributed by atoms with Crippen LogP contribution in [0.2, 0.25) is 10.0 Å². The standard InChI is InChI=1S/C29H31Cl2NO3/c1-2-27-24(18-23-25(30)14-9-15-26(23)31)28(33)17-22(16-20-10-5-3-6-11-20)32(27)29(34)35-19-21-12-7-4-8-13-21/h4,7-9,12-15,17,20H,2-3,5-6,10-11,16,18-19H2,1H3. The first-order chi connectivity index (χ1) is 17.0. The Balaban J connectivity index is 1.75. The number of carbonyl (C=O) groups is 1. The van der Waals surface area contributed by atoms with E-state index in [1.54, 1.807) is 28.8 Å². The molecule has 4 nitrogen and oxygen atoms in total. The molecule has 0 spiro atoms. The molecule has 0 unspecified atom stereocenters. The molecular weight excluding hydrogens is 481 g/mol. The van der Waals surface area contributed by atoms with Crippen molar-refractivity contribution in [1.29, 1.82) is 0 Å². The van der Waals surface area contributed by atoms with Gasteiger partial charge in [0.25, 0.3) is 0 Å². The Morgan fingerprint density at radius 1 is 0.971 bits per heavy atom. The molecule has 0 N–H and O–H groups in total. The molecule has 0 amide bonds. The van der Waals surface area contributed by atoms with Crippen LogP contribution in [0.3, 0.4) is 0 Å². The maximum Gasteiger partial charge on any atom is 0.418 e. The molecule has 6 heteroatoms. The molecule has 35 heavy (non-hydrogen) atoms. The summed E-state index contributed by atoms with van der Waals surface area (Å²) in [4.78, 5) is 26.9. The van der Waals surface area contributed by atoms with Crippen molar-refractivity contribution in [2.45, 2.75) is 64.9 Å². The van der Waals surface area contributed by atoms with Gasteiger partial charge in [-0.25, -0.2) is 4.79 Å². The van der Waals surface area contributed by atoms with E-state index >= 15 is 0 Å². The zero-order chi connectivity index (χ0) is 24.8. The predicted molar refractivity (Wildman–Crippen MR) is 142 cm³/mol. The first-order valence-corrected chi connectivity index (χ1v) is 13.1. The molecule has 0 saturated heterocycles. The van der Waals surface area contributed by atoms with Crippen LogP contribution in [-0.2, 0) is 30.6 Å². The number of benzene rings is 2. The lowest BCUT2D eigenvalue weighted by Gasteiger charge is -2.25. The number of nitrogens with zero attached hydrogens (tertiary/aromatic N) is 1. The van der Waals surface area contributed by atoms with Gasteiger partial charge in [-0.2, -0.15) is 0 Å². The van der Waals surface area contributed by atoms with Gasteiger partial charge in [0, 0.05) is 39.5 Å². The maximum atomic E-state index is 13.5. The van der Waals surface area contributed by atoms with Crippen molar-refractivity contribution in [3.05, 3.63) is 103 Å². The van der Waals surface area contributed by atoms with Gasteiger partial charge in [0.1, 0.15) is 6.61 Å². The predicted octanol–water partition coefficient (Wildman–Crippen LogP) is 7.62. The summed E-state index contributed by atoms with van der Waals surface area (Å²) in [5.74, 6) is 0.463. The van der Waals surface area contributed by atoms with Gasteiger partial charge in [-0.15, -0.1) is 0 Å². The Morgan fingerprint density at radius 2 is 1.66 bits per heavy atom. The quantitative estimate of drug-likeness (QED) is 0.327. The summed E-state index contributed by atoms with van der Waals surface area (Å²) >= 11 is 12.8. The van der Waals surface area contributed by atoms with E-state index in [-0.39, 0.29) is 18.5 Å². The van der Waals surface area contributed by atoms with Gasteiger partial charge in [0.05, 0.1) is 0 Å². The van der Waals surface area contributed by atoms with Crippen molar-refractivity contribution >= 4 is 29.3 Å². The van der Waals surface area contributed by atoms with E-state index in [9.17, 15) is 9.59 Å². The number of aromatic nitrogens is 1. The molecule has 1 heterocycles. The molecule has 1 fully saturated rings. The minimum atomic E-state index is -0.456. The summed E-state index contributed by atoms with van der Waals surface area (Å²) in [5.41, 5.74) is 3.44. The molecule has 1 aromatic heterocycles. The van der Waals surface area contributed by atoms with Crippen LogP contribution in [0.1, 0.15) is 67.1 Å². The average Bonchev–Trinajstić information content (AvgIpc) is 2.87. The van der Waals surface area contributed by atoms with E-state index in [0.717, 1.165) is 24.1 Å². The van der Waals surface area contributed by atoms with Gasteiger partial charge in [-0.1, -0.05) is 98.6 Å². The molecule has 184 valence electrons. The van der Waals surface area contributed by atoms with Crippen molar-refractivity contribution in [3.63, 3.8) is 0 Å². The monoisotopic (exact) mass is 511 g/mol. The lowest BCUT2D eigenvalue weighted by molar-refractivity contribution is 0.139. The fourth-order valence-electron chi connectivity index (χ4n) is 5.04. The summed E-state index contributed by atoms with van der Waals surface area (Å²) < 4.78 is 7.39. The Bertz CT molecular complexity index is 1210. The van der Waals surface area contributed by atoms with Gasteiger partial charge < -0.3 is 4.74 Å². The third-order valence-corrected chi connectivity index (χ3v) is 7.57. The van der Waals surface area contributed by atoms with E-state index in [4.69, 9.17) is 27.9 Å². The lowest BCUT2D eigenvalue weighted by Crippen LogP contribution is -2.29. The van der Waals surface area contributed by atoms with Gasteiger partial charge in [0.15, 0.2) is 5.43 Å². The third kappa shape index (κ3) is 6.17. The number of hydrogen-bond donors (Lipinski definition) is 0. The van der Waals surface area contributed by atoms with Crippen LogP contribution in [0, 0.1) is 5.92 Å². The second-order valence-electron chi connectivity index (χ2n) is 9.24. The smallest absolute Gasteiger partial charge is 0.418 e. The highest BCUT2D eigenvalue weighted by Crippen LogP contribution is 2.30. The van der Waals surface area contributed by atoms with Crippen LogP contribution in [0.5, 0.6) is 0 Å². The first kappa shape index (κ1) is 25.5. The molecule has 0 aliphatic heterocycles. The van der Waals surface area contributed by atoms with Crippen LogP contribution >= 0.6 is 23.2 Å². The minimum Gasteiger partial charge on any atom is -0.444 e. The highest BCUT2D eigenvalue weighted by molar-refractivity contribution is 6.36. The number of pyridine rings is 1. The summed E-state index contributed by atoms with van der Waals surface area (Å²) in [7, 11) is 0. The molecule has 0 bridgehead atoms. The van der Waals surface area contributed by atoms with Crippen molar-refractivity contribution in [2.24, 2.45) is 5.92 Å². The zero-order valence-corrected chi connectivity index (χ0v) is 21.6. The molecule has 3 aromatic rings. The van der Waals surface area contributed by atoms with Gasteiger partial charge in [0.2, 0.25) is 0 Å². The van der Waals surface area contributed by atoms with E-state index in [1.165, 1.54) is 19.3 Å². The lowest BCUT2D eigenvalue weighted by atomic mass is 9.85. The van der Waals surface area contributed by atoms with Gasteiger partial charge in [-0.3, -0.25) is 9.36 Å². The van der Waals surface area contributed by atoms with E-state index in [2.05, 4.69) is 0 Å².